The van der Waals surface area contributed by atoms with Gasteiger partial charge in [0.15, 0.2) is 0 Å². The number of benzene rings is 1. The summed E-state index contributed by atoms with van der Waals surface area (Å²) >= 11 is 0. The maximum absolute atomic E-state index is 13.0. The lowest BCUT2D eigenvalue weighted by Gasteiger charge is -2.03. The minimum atomic E-state index is -0.421. The van der Waals surface area contributed by atoms with E-state index < -0.39 is 5.82 Å². The van der Waals surface area contributed by atoms with Crippen molar-refractivity contribution in [2.75, 3.05) is 0 Å². The number of halogens is 2. The van der Waals surface area contributed by atoms with Crippen LogP contribution >= 0.6 is 0 Å². The molecule has 0 atom stereocenters. The van der Waals surface area contributed by atoms with Gasteiger partial charge in [-0.15, -0.1) is 0 Å². The molecule has 0 aliphatic rings. The molecule has 3 heteroatoms. The highest BCUT2D eigenvalue weighted by molar-refractivity contribution is 5.25. The van der Waals surface area contributed by atoms with Crippen molar-refractivity contribution in [1.29, 1.82) is 0 Å². The van der Waals surface area contributed by atoms with Gasteiger partial charge in [-0.05, 0) is 24.1 Å². The molecule has 66 valence electrons. The Balaban J connectivity index is 3.16. The smallest absolute Gasteiger partial charge is 0.128 e. The van der Waals surface area contributed by atoms with Crippen LogP contribution in [-0.2, 0) is 13.0 Å². The lowest BCUT2D eigenvalue weighted by atomic mass is 10.1. The van der Waals surface area contributed by atoms with E-state index >= 15 is 0 Å². The van der Waals surface area contributed by atoms with Crippen LogP contribution < -0.4 is 5.73 Å². The second-order valence-corrected chi connectivity index (χ2v) is 2.59. The molecule has 0 bridgehead atoms. The van der Waals surface area contributed by atoms with Gasteiger partial charge in [0.05, 0.1) is 0 Å². The van der Waals surface area contributed by atoms with Crippen molar-refractivity contribution in [2.24, 2.45) is 5.73 Å². The molecule has 0 saturated carbocycles. The minimum absolute atomic E-state index is 0.0345. The molecule has 1 rings (SSSR count). The topological polar surface area (TPSA) is 26.0 Å². The third-order valence-electron chi connectivity index (χ3n) is 1.82. The van der Waals surface area contributed by atoms with Gasteiger partial charge in [-0.25, -0.2) is 8.78 Å². The highest BCUT2D eigenvalue weighted by Crippen LogP contribution is 2.14. The summed E-state index contributed by atoms with van der Waals surface area (Å²) in [4.78, 5) is 0. The molecule has 0 aliphatic heterocycles. The second-order valence-electron chi connectivity index (χ2n) is 2.59. The van der Waals surface area contributed by atoms with Gasteiger partial charge in [0, 0.05) is 12.1 Å². The third-order valence-corrected chi connectivity index (χ3v) is 1.82. The molecule has 1 aromatic carbocycles. The number of hydrogen-bond donors (Lipinski definition) is 1. The van der Waals surface area contributed by atoms with E-state index in [1.165, 1.54) is 6.07 Å². The Labute approximate surface area is 70.2 Å². The quantitative estimate of drug-likeness (QED) is 0.723. The zero-order valence-corrected chi connectivity index (χ0v) is 6.90. The molecule has 0 aromatic heterocycles. The largest absolute Gasteiger partial charge is 0.326 e. The maximum Gasteiger partial charge on any atom is 0.128 e. The Bertz CT molecular complexity index is 254. The first-order valence-electron chi connectivity index (χ1n) is 3.86. The monoisotopic (exact) mass is 171 g/mol. The Morgan fingerprint density at radius 1 is 1.17 bits per heavy atom. The minimum Gasteiger partial charge on any atom is -0.326 e. The van der Waals surface area contributed by atoms with Crippen LogP contribution in [0.2, 0.25) is 0 Å². The molecule has 0 radical (unpaired) electrons. The fraction of sp³-hybridized carbons (Fsp3) is 0.333. The Kier molecular flexibility index (Phi) is 2.76. The second kappa shape index (κ2) is 3.63. The van der Waals surface area contributed by atoms with E-state index in [1.54, 1.807) is 6.92 Å². The van der Waals surface area contributed by atoms with Gasteiger partial charge in [0.25, 0.3) is 0 Å². The molecule has 0 spiro atoms. The number of rotatable bonds is 2. The summed E-state index contributed by atoms with van der Waals surface area (Å²) in [5, 5.41) is 0. The van der Waals surface area contributed by atoms with Crippen LogP contribution in [0.5, 0.6) is 0 Å². The molecule has 0 amide bonds. The maximum atomic E-state index is 13.0. The summed E-state index contributed by atoms with van der Waals surface area (Å²) in [5.41, 5.74) is 5.82. The van der Waals surface area contributed by atoms with E-state index in [0.29, 0.717) is 12.0 Å². The molecule has 1 aromatic rings. The van der Waals surface area contributed by atoms with Crippen molar-refractivity contribution < 1.29 is 8.78 Å². The number of hydrogen-bond acceptors (Lipinski definition) is 1. The fourth-order valence-electron chi connectivity index (χ4n) is 1.06. The average molecular weight is 171 g/mol. The first-order chi connectivity index (χ1) is 5.69. The summed E-state index contributed by atoms with van der Waals surface area (Å²) in [6.45, 7) is 1.81. The zero-order chi connectivity index (χ0) is 9.14. The van der Waals surface area contributed by atoms with Crippen molar-refractivity contribution in [1.82, 2.24) is 0 Å². The summed E-state index contributed by atoms with van der Waals surface area (Å²) < 4.78 is 26.0. The van der Waals surface area contributed by atoms with Crippen LogP contribution in [0, 0.1) is 11.6 Å². The molecule has 0 fully saturated rings. The SMILES string of the molecule is CCc1cc(F)c(CN)cc1F. The summed E-state index contributed by atoms with van der Waals surface area (Å²) in [7, 11) is 0. The van der Waals surface area contributed by atoms with Crippen molar-refractivity contribution in [3.63, 3.8) is 0 Å². The molecule has 2 N–H and O–H groups in total. The van der Waals surface area contributed by atoms with Gasteiger partial charge in [-0.1, -0.05) is 6.92 Å². The van der Waals surface area contributed by atoms with E-state index in [0.717, 1.165) is 6.07 Å². The number of nitrogens with two attached hydrogens (primary N) is 1. The lowest BCUT2D eigenvalue weighted by Crippen LogP contribution is -2.02. The molecular weight excluding hydrogens is 160 g/mol. The van der Waals surface area contributed by atoms with Crippen LogP contribution in [0.1, 0.15) is 18.1 Å². The average Bonchev–Trinajstić information content (AvgIpc) is 2.08. The van der Waals surface area contributed by atoms with E-state index in [4.69, 9.17) is 5.73 Å². The standard InChI is InChI=1S/C9H11F2N/c1-2-6-3-9(11)7(5-12)4-8(6)10/h3-4H,2,5,12H2,1H3. The van der Waals surface area contributed by atoms with Crippen LogP contribution in [0.4, 0.5) is 8.78 Å². The molecular formula is C9H11F2N. The summed E-state index contributed by atoms with van der Waals surface area (Å²) in [6, 6.07) is 2.37. The van der Waals surface area contributed by atoms with Gasteiger partial charge in [-0.2, -0.15) is 0 Å². The van der Waals surface area contributed by atoms with Crippen LogP contribution in [0.15, 0.2) is 12.1 Å². The predicted molar refractivity (Wildman–Crippen MR) is 43.6 cm³/mol. The van der Waals surface area contributed by atoms with Crippen molar-refractivity contribution in [3.05, 3.63) is 34.9 Å². The zero-order valence-electron chi connectivity index (χ0n) is 6.90. The Hall–Kier alpha value is -0.960. The molecule has 0 unspecified atom stereocenters. The lowest BCUT2D eigenvalue weighted by molar-refractivity contribution is 0.574. The summed E-state index contributed by atoms with van der Waals surface area (Å²) in [6.07, 6.45) is 0.494. The Morgan fingerprint density at radius 3 is 2.17 bits per heavy atom. The molecule has 0 aliphatic carbocycles. The van der Waals surface area contributed by atoms with Gasteiger partial charge in [0.2, 0.25) is 0 Å². The summed E-state index contributed by atoms with van der Waals surface area (Å²) in [5.74, 6) is -0.796. The first kappa shape index (κ1) is 9.13. The van der Waals surface area contributed by atoms with Gasteiger partial charge in [-0.3, -0.25) is 0 Å². The van der Waals surface area contributed by atoms with E-state index in [9.17, 15) is 8.78 Å². The Morgan fingerprint density at radius 2 is 1.67 bits per heavy atom. The van der Waals surface area contributed by atoms with Crippen molar-refractivity contribution >= 4 is 0 Å². The predicted octanol–water partition coefficient (Wildman–Crippen LogP) is 1.99. The molecule has 0 saturated heterocycles. The highest BCUT2D eigenvalue weighted by atomic mass is 19.1. The van der Waals surface area contributed by atoms with E-state index in [2.05, 4.69) is 0 Å². The van der Waals surface area contributed by atoms with Gasteiger partial charge in [0.1, 0.15) is 11.6 Å². The first-order valence-corrected chi connectivity index (χ1v) is 3.86. The number of aryl methyl sites for hydroxylation is 1. The van der Waals surface area contributed by atoms with E-state index in [-0.39, 0.29) is 17.9 Å². The van der Waals surface area contributed by atoms with Crippen molar-refractivity contribution in [2.45, 2.75) is 19.9 Å². The fourth-order valence-corrected chi connectivity index (χ4v) is 1.06. The van der Waals surface area contributed by atoms with E-state index in [1.807, 2.05) is 0 Å². The molecule has 1 nitrogen and oxygen atoms in total. The highest BCUT2D eigenvalue weighted by Gasteiger charge is 2.06. The van der Waals surface area contributed by atoms with Crippen LogP contribution in [0.25, 0.3) is 0 Å². The molecule has 12 heavy (non-hydrogen) atoms. The van der Waals surface area contributed by atoms with Gasteiger partial charge < -0.3 is 5.73 Å². The van der Waals surface area contributed by atoms with Crippen LogP contribution in [-0.4, -0.2) is 0 Å². The van der Waals surface area contributed by atoms with Gasteiger partial charge >= 0.3 is 0 Å². The van der Waals surface area contributed by atoms with Crippen molar-refractivity contribution in [3.8, 4) is 0 Å². The van der Waals surface area contributed by atoms with Crippen LogP contribution in [0.3, 0.4) is 0 Å². The normalized spacial score (nSPS) is 10.3. The third kappa shape index (κ3) is 1.61. The molecule has 0 heterocycles.